The van der Waals surface area contributed by atoms with Crippen LogP contribution in [0, 0.1) is 0 Å². The lowest BCUT2D eigenvalue weighted by Crippen LogP contribution is -2.50. The van der Waals surface area contributed by atoms with Crippen LogP contribution in [0.4, 0.5) is 5.82 Å². The summed E-state index contributed by atoms with van der Waals surface area (Å²) in [4.78, 5) is 16.6. The minimum absolute atomic E-state index is 0.133. The molecule has 35 heavy (non-hydrogen) atoms. The third-order valence-corrected chi connectivity index (χ3v) is 6.03. The van der Waals surface area contributed by atoms with Gasteiger partial charge in [0.15, 0.2) is 17.2 Å². The van der Waals surface area contributed by atoms with Crippen LogP contribution in [-0.2, 0) is 36.0 Å². The second-order valence-corrected chi connectivity index (χ2v) is 8.79. The number of aromatic nitrogens is 2. The summed E-state index contributed by atoms with van der Waals surface area (Å²) in [7, 11) is 1.49. The van der Waals surface area contributed by atoms with Gasteiger partial charge in [0, 0.05) is 24.4 Å². The third kappa shape index (κ3) is 4.87. The minimum atomic E-state index is -1.92. The number of ether oxygens (including phenoxy) is 5. The van der Waals surface area contributed by atoms with Gasteiger partial charge in [0.25, 0.3) is 0 Å². The Kier molecular flexibility index (Phi) is 7.50. The summed E-state index contributed by atoms with van der Waals surface area (Å²) in [6.07, 6.45) is 0.164. The van der Waals surface area contributed by atoms with Gasteiger partial charge in [0.1, 0.15) is 29.4 Å². The van der Waals surface area contributed by atoms with Crippen molar-refractivity contribution >= 4 is 5.82 Å². The maximum Gasteiger partial charge on any atom is 0.352 e. The molecular weight excluding hydrogens is 466 g/mol. The number of aliphatic hydroxyl groups is 4. The normalized spacial score (nSPS) is 33.2. The Morgan fingerprint density at radius 2 is 1.97 bits per heavy atom. The molecule has 1 aromatic heterocycles. The quantitative estimate of drug-likeness (QED) is 0.310. The molecule has 6 N–H and O–H groups in total. The standard InChI is InChI=1S/C22H33N3O10/c1-6-32-11-20(2)14(31-5)7-21(3,35-20)25-8-12(18(23)24-19(25)30)10-33-22(4)17(29)16(28)15(27)13(9-26)34-22/h7-8,13,15,26-29H,6,9-11H2,1-5H3,(H2,23,24,30)/t13?,15-,20?,21?,22?/m1/s1. The zero-order chi connectivity index (χ0) is 26.2. The van der Waals surface area contributed by atoms with Crippen LogP contribution in [0.1, 0.15) is 33.3 Å². The van der Waals surface area contributed by atoms with Crippen molar-refractivity contribution in [1.29, 1.82) is 0 Å². The van der Waals surface area contributed by atoms with E-state index in [1.807, 2.05) is 6.92 Å². The van der Waals surface area contributed by atoms with Crippen molar-refractivity contribution < 1.29 is 44.1 Å². The van der Waals surface area contributed by atoms with E-state index in [1.165, 1.54) is 24.8 Å². The lowest BCUT2D eigenvalue weighted by Gasteiger charge is -2.39. The maximum absolute atomic E-state index is 12.8. The Morgan fingerprint density at radius 1 is 1.29 bits per heavy atom. The zero-order valence-corrected chi connectivity index (χ0v) is 20.3. The highest BCUT2D eigenvalue weighted by Gasteiger charge is 2.49. The predicted octanol–water partition coefficient (Wildman–Crippen LogP) is 0.166. The fourth-order valence-electron chi connectivity index (χ4n) is 4.07. The van der Waals surface area contributed by atoms with Gasteiger partial charge in [-0.2, -0.15) is 4.98 Å². The molecule has 0 aliphatic carbocycles. The fourth-order valence-corrected chi connectivity index (χ4v) is 4.07. The van der Waals surface area contributed by atoms with E-state index in [2.05, 4.69) is 4.98 Å². The highest BCUT2D eigenvalue weighted by atomic mass is 16.7. The monoisotopic (exact) mass is 499 g/mol. The highest BCUT2D eigenvalue weighted by Crippen LogP contribution is 2.40. The first-order chi connectivity index (χ1) is 16.3. The maximum atomic E-state index is 12.8. The van der Waals surface area contributed by atoms with Gasteiger partial charge in [-0.15, -0.1) is 0 Å². The van der Waals surface area contributed by atoms with Crippen LogP contribution in [0.15, 0.2) is 34.3 Å². The van der Waals surface area contributed by atoms with Crippen molar-refractivity contribution in [2.24, 2.45) is 0 Å². The Labute approximate surface area is 202 Å². The Bertz CT molecular complexity index is 1070. The lowest BCUT2D eigenvalue weighted by molar-refractivity contribution is -0.278. The van der Waals surface area contributed by atoms with E-state index in [0.717, 1.165) is 0 Å². The number of rotatable bonds is 9. The molecule has 0 fully saturated rings. The molecule has 13 nitrogen and oxygen atoms in total. The topological polar surface area (TPSA) is 188 Å². The summed E-state index contributed by atoms with van der Waals surface area (Å²) in [5.74, 6) is -3.13. The number of methoxy groups -OCH3 is 1. The van der Waals surface area contributed by atoms with Gasteiger partial charge in [0.2, 0.25) is 5.79 Å². The highest BCUT2D eigenvalue weighted by molar-refractivity contribution is 5.37. The molecule has 4 unspecified atom stereocenters. The molecule has 1 aromatic rings. The van der Waals surface area contributed by atoms with Crippen LogP contribution >= 0.6 is 0 Å². The summed E-state index contributed by atoms with van der Waals surface area (Å²) >= 11 is 0. The number of nitrogen functional groups attached to an aromatic ring is 1. The van der Waals surface area contributed by atoms with Crippen LogP contribution < -0.4 is 11.4 Å². The first-order valence-electron chi connectivity index (χ1n) is 11.0. The average Bonchev–Trinajstić information content (AvgIpc) is 3.09. The van der Waals surface area contributed by atoms with E-state index in [1.54, 1.807) is 19.9 Å². The van der Waals surface area contributed by atoms with Gasteiger partial charge < -0.3 is 49.8 Å². The lowest BCUT2D eigenvalue weighted by atomic mass is 10.0. The van der Waals surface area contributed by atoms with Gasteiger partial charge in [-0.1, -0.05) is 0 Å². The summed E-state index contributed by atoms with van der Waals surface area (Å²) in [5, 5.41) is 39.7. The second-order valence-electron chi connectivity index (χ2n) is 8.79. The van der Waals surface area contributed by atoms with Crippen molar-refractivity contribution in [2.75, 3.05) is 32.7 Å². The van der Waals surface area contributed by atoms with E-state index >= 15 is 0 Å². The van der Waals surface area contributed by atoms with Crippen LogP contribution in [0.25, 0.3) is 0 Å². The summed E-state index contributed by atoms with van der Waals surface area (Å²) in [5.41, 5.74) is 3.23. The van der Waals surface area contributed by atoms with Gasteiger partial charge in [-0.3, -0.25) is 4.57 Å². The molecule has 196 valence electrons. The molecule has 0 amide bonds. The fraction of sp³-hybridized carbons (Fsp3) is 0.636. The molecule has 0 radical (unpaired) electrons. The average molecular weight is 500 g/mol. The van der Waals surface area contributed by atoms with Crippen LogP contribution in [0.2, 0.25) is 0 Å². The van der Waals surface area contributed by atoms with Gasteiger partial charge in [-0.25, -0.2) is 4.79 Å². The summed E-state index contributed by atoms with van der Waals surface area (Å²) in [6, 6.07) is 0. The minimum Gasteiger partial charge on any atom is -0.506 e. The van der Waals surface area contributed by atoms with Crippen LogP contribution in [-0.4, -0.2) is 80.5 Å². The SMILES string of the molecule is CCOCC1(C)OC(C)(n2cc(COC3(C)OC(CO)[C@@H](O)C(O)=C3O)c(N)nc2=O)C=C1OC. The molecule has 0 spiro atoms. The van der Waals surface area contributed by atoms with Crippen LogP contribution in [0.5, 0.6) is 0 Å². The molecule has 13 heteroatoms. The number of hydrogen-bond acceptors (Lipinski definition) is 12. The number of anilines is 1. The van der Waals surface area contributed by atoms with Gasteiger partial charge in [-0.05, 0) is 27.7 Å². The summed E-state index contributed by atoms with van der Waals surface area (Å²) < 4.78 is 29.6. The first-order valence-corrected chi connectivity index (χ1v) is 11.0. The second kappa shape index (κ2) is 9.76. The number of aliphatic hydroxyl groups excluding tert-OH is 4. The van der Waals surface area contributed by atoms with Crippen molar-refractivity contribution in [3.8, 4) is 0 Å². The van der Waals surface area contributed by atoms with Crippen molar-refractivity contribution in [3.05, 3.63) is 45.6 Å². The van der Waals surface area contributed by atoms with E-state index in [4.69, 9.17) is 29.4 Å². The molecule has 0 saturated heterocycles. The Hall–Kier alpha value is -2.68. The van der Waals surface area contributed by atoms with Crippen molar-refractivity contribution in [1.82, 2.24) is 9.55 Å². The van der Waals surface area contributed by atoms with E-state index < -0.39 is 53.1 Å². The molecule has 0 aromatic carbocycles. The van der Waals surface area contributed by atoms with E-state index in [9.17, 15) is 25.2 Å². The largest absolute Gasteiger partial charge is 0.506 e. The number of nitrogens with two attached hydrogens (primary N) is 1. The third-order valence-electron chi connectivity index (χ3n) is 6.03. The number of hydrogen-bond donors (Lipinski definition) is 5. The van der Waals surface area contributed by atoms with Gasteiger partial charge >= 0.3 is 5.69 Å². The van der Waals surface area contributed by atoms with Crippen molar-refractivity contribution in [2.45, 2.75) is 63.6 Å². The van der Waals surface area contributed by atoms with E-state index in [-0.39, 0.29) is 24.6 Å². The molecule has 5 atom stereocenters. The Balaban J connectivity index is 1.92. The first kappa shape index (κ1) is 26.9. The van der Waals surface area contributed by atoms with Crippen molar-refractivity contribution in [3.63, 3.8) is 0 Å². The zero-order valence-electron chi connectivity index (χ0n) is 20.3. The number of nitrogens with zero attached hydrogens (tertiary/aromatic N) is 2. The smallest absolute Gasteiger partial charge is 0.352 e. The van der Waals surface area contributed by atoms with Crippen LogP contribution in [0.3, 0.4) is 0 Å². The van der Waals surface area contributed by atoms with Gasteiger partial charge in [0.05, 0.1) is 26.9 Å². The summed E-state index contributed by atoms with van der Waals surface area (Å²) in [6.45, 7) is 6.25. The molecular formula is C22H33N3O10. The predicted molar refractivity (Wildman–Crippen MR) is 121 cm³/mol. The molecule has 3 heterocycles. The van der Waals surface area contributed by atoms with E-state index in [0.29, 0.717) is 12.4 Å². The molecule has 0 bridgehead atoms. The molecule has 2 aliphatic heterocycles. The molecule has 3 rings (SSSR count). The molecule has 2 aliphatic rings. The Morgan fingerprint density at radius 3 is 2.57 bits per heavy atom. The molecule has 0 saturated carbocycles.